The first kappa shape index (κ1) is 25.0. The molecule has 10 heteroatoms. The number of carbonyl (C=O) groups excluding carboxylic acids is 1. The van der Waals surface area contributed by atoms with Crippen LogP contribution in [0.15, 0.2) is 6.20 Å². The zero-order chi connectivity index (χ0) is 24.4. The first-order chi connectivity index (χ1) is 16.8. The first-order valence-electron chi connectivity index (χ1n) is 12.8. The highest BCUT2D eigenvalue weighted by Crippen LogP contribution is 2.41. The molecule has 2 aliphatic carbocycles. The third kappa shape index (κ3) is 7.20. The minimum absolute atomic E-state index is 0.123. The van der Waals surface area contributed by atoms with E-state index in [0.717, 1.165) is 80.5 Å². The summed E-state index contributed by atoms with van der Waals surface area (Å²) in [5.74, 6) is -1.39. The van der Waals surface area contributed by atoms with Gasteiger partial charge in [0.1, 0.15) is 0 Å². The second kappa shape index (κ2) is 10.8. The number of hydrogen-bond donors (Lipinski definition) is 1. The fraction of sp³-hybridized carbons (Fsp3) is 0.720. The molecule has 0 spiro atoms. The number of nitrogens with zero attached hydrogens (tertiary/aromatic N) is 3. The van der Waals surface area contributed by atoms with Crippen LogP contribution in [0.5, 0.6) is 5.19 Å². The number of fused-ring (bicyclic) bond motifs is 1. The van der Waals surface area contributed by atoms with E-state index in [1.807, 2.05) is 6.20 Å². The maximum absolute atomic E-state index is 13.1. The Bertz CT molecular complexity index is 1010. The molecule has 2 aromatic rings. The maximum atomic E-state index is 13.1. The highest BCUT2D eigenvalue weighted by atomic mass is 32.1. The molecule has 0 aromatic carbocycles. The summed E-state index contributed by atoms with van der Waals surface area (Å²) in [4.78, 5) is 26.1. The minimum Gasteiger partial charge on any atom is -0.464 e. The third-order valence-corrected chi connectivity index (χ3v) is 9.36. The molecule has 2 aromatic heterocycles. The molecule has 0 bridgehead atoms. The highest BCUT2D eigenvalue weighted by Gasteiger charge is 2.28. The number of ether oxygens (including phenoxy) is 1. The number of hydrogen-bond acceptors (Lipinski definition) is 7. The lowest BCUT2D eigenvalue weighted by molar-refractivity contribution is -0.121. The quantitative estimate of drug-likeness (QED) is 0.464. The Labute approximate surface area is 213 Å². The summed E-state index contributed by atoms with van der Waals surface area (Å²) in [6.07, 6.45) is 11.3. The Morgan fingerprint density at radius 2 is 2.03 bits per heavy atom. The molecule has 5 rings (SSSR count). The molecule has 0 atom stereocenters. The number of halogens is 2. The van der Waals surface area contributed by atoms with Crippen molar-refractivity contribution < 1.29 is 18.3 Å². The summed E-state index contributed by atoms with van der Waals surface area (Å²) >= 11 is 3.10. The van der Waals surface area contributed by atoms with Gasteiger partial charge in [-0.05, 0) is 63.8 Å². The van der Waals surface area contributed by atoms with Gasteiger partial charge in [-0.15, -0.1) is 11.3 Å². The molecule has 0 radical (unpaired) electrons. The van der Waals surface area contributed by atoms with Gasteiger partial charge in [-0.3, -0.25) is 9.69 Å². The molecular weight excluding hydrogens is 490 g/mol. The van der Waals surface area contributed by atoms with Gasteiger partial charge in [0.25, 0.3) is 11.1 Å². The van der Waals surface area contributed by atoms with E-state index in [9.17, 15) is 13.6 Å². The van der Waals surface area contributed by atoms with E-state index in [0.29, 0.717) is 23.5 Å². The van der Waals surface area contributed by atoms with E-state index >= 15 is 0 Å². The van der Waals surface area contributed by atoms with Crippen molar-refractivity contribution in [1.82, 2.24) is 20.2 Å². The van der Waals surface area contributed by atoms with E-state index in [2.05, 4.69) is 20.2 Å². The van der Waals surface area contributed by atoms with Crippen LogP contribution in [0, 0.1) is 5.92 Å². The molecule has 3 heterocycles. The topological polar surface area (TPSA) is 67.3 Å². The number of rotatable bonds is 10. The van der Waals surface area contributed by atoms with Crippen molar-refractivity contribution in [3.8, 4) is 5.19 Å². The Hall–Kier alpha value is -1.65. The SMILES string of the molecule is CC(F)(F)COc1nc2c(s1)CCN(CCC1CCC(NC(=O)Cc3cnc(C4CC4)s3)CC1)C2. The number of alkyl halides is 2. The van der Waals surface area contributed by atoms with Crippen LogP contribution < -0.4 is 10.1 Å². The van der Waals surface area contributed by atoms with Crippen molar-refractivity contribution in [2.24, 2.45) is 5.92 Å². The average Bonchev–Trinajstić information content (AvgIpc) is 3.42. The average molecular weight is 525 g/mol. The smallest absolute Gasteiger partial charge is 0.278 e. The molecule has 1 amide bonds. The third-order valence-electron chi connectivity index (χ3n) is 7.13. The Morgan fingerprint density at radius 1 is 1.23 bits per heavy atom. The van der Waals surface area contributed by atoms with Gasteiger partial charge in [0.05, 0.1) is 17.1 Å². The fourth-order valence-electron chi connectivity index (χ4n) is 4.99. The highest BCUT2D eigenvalue weighted by molar-refractivity contribution is 7.13. The van der Waals surface area contributed by atoms with Crippen molar-refractivity contribution in [3.63, 3.8) is 0 Å². The van der Waals surface area contributed by atoms with E-state index in [1.165, 1.54) is 29.2 Å². The number of nitrogens with one attached hydrogen (secondary N) is 1. The zero-order valence-corrected chi connectivity index (χ0v) is 21.9. The summed E-state index contributed by atoms with van der Waals surface area (Å²) in [6.45, 7) is 3.00. The van der Waals surface area contributed by atoms with Gasteiger partial charge >= 0.3 is 0 Å². The molecule has 0 unspecified atom stereocenters. The van der Waals surface area contributed by atoms with Crippen LogP contribution in [0.1, 0.15) is 78.2 Å². The summed E-state index contributed by atoms with van der Waals surface area (Å²) < 4.78 is 31.3. The predicted molar refractivity (Wildman–Crippen MR) is 134 cm³/mol. The Balaban J connectivity index is 0.994. The van der Waals surface area contributed by atoms with Crippen molar-refractivity contribution in [2.45, 2.75) is 89.1 Å². The minimum atomic E-state index is -2.85. The predicted octanol–water partition coefficient (Wildman–Crippen LogP) is 5.18. The second-order valence-electron chi connectivity index (χ2n) is 10.4. The molecule has 1 N–H and O–H groups in total. The lowest BCUT2D eigenvalue weighted by atomic mass is 9.84. The summed E-state index contributed by atoms with van der Waals surface area (Å²) in [5.41, 5.74) is 0.979. The molecule has 2 fully saturated rings. The van der Waals surface area contributed by atoms with E-state index in [1.54, 1.807) is 11.3 Å². The molecule has 192 valence electrons. The normalized spacial score (nSPS) is 23.2. The maximum Gasteiger partial charge on any atom is 0.278 e. The molecular formula is C25H34F2N4O2S2. The van der Waals surface area contributed by atoms with E-state index < -0.39 is 12.5 Å². The van der Waals surface area contributed by atoms with Crippen LogP contribution in [0.3, 0.4) is 0 Å². The molecule has 35 heavy (non-hydrogen) atoms. The van der Waals surface area contributed by atoms with Crippen LogP contribution in [-0.2, 0) is 24.2 Å². The van der Waals surface area contributed by atoms with Crippen molar-refractivity contribution in [3.05, 3.63) is 26.7 Å². The van der Waals surface area contributed by atoms with Gasteiger partial charge in [-0.1, -0.05) is 11.3 Å². The lowest BCUT2D eigenvalue weighted by Gasteiger charge is -2.32. The van der Waals surface area contributed by atoms with Crippen molar-refractivity contribution in [1.29, 1.82) is 0 Å². The van der Waals surface area contributed by atoms with Gasteiger partial charge in [-0.25, -0.2) is 18.7 Å². The van der Waals surface area contributed by atoms with Gasteiger partial charge in [0, 0.05) is 47.9 Å². The number of thiazole rings is 2. The van der Waals surface area contributed by atoms with Crippen molar-refractivity contribution in [2.75, 3.05) is 19.7 Å². The zero-order valence-electron chi connectivity index (χ0n) is 20.2. The largest absolute Gasteiger partial charge is 0.464 e. The molecule has 0 saturated heterocycles. The fourth-order valence-corrected chi connectivity index (χ4v) is 6.98. The summed E-state index contributed by atoms with van der Waals surface area (Å²) in [7, 11) is 0. The second-order valence-corrected chi connectivity index (χ2v) is 12.6. The van der Waals surface area contributed by atoms with Crippen molar-refractivity contribution >= 4 is 28.6 Å². The van der Waals surface area contributed by atoms with Gasteiger partial charge in [0.15, 0.2) is 6.61 Å². The van der Waals surface area contributed by atoms with Crippen LogP contribution >= 0.6 is 22.7 Å². The van der Waals surface area contributed by atoms with Gasteiger partial charge < -0.3 is 10.1 Å². The van der Waals surface area contributed by atoms with Gasteiger partial charge in [-0.2, -0.15) is 0 Å². The molecule has 2 saturated carbocycles. The standard InChI is InChI=1S/C25H34F2N4O2S2/c1-25(26,27)15-33-24-30-20-14-31(11-9-21(20)35-24)10-8-16-2-6-18(7-3-16)29-22(32)12-19-13-28-23(34-19)17-4-5-17/h13,16-18H,2-12,14-15H2,1H3,(H,29,32). The van der Waals surface area contributed by atoms with Gasteiger partial charge in [0.2, 0.25) is 5.91 Å². The number of carbonyl (C=O) groups is 1. The lowest BCUT2D eigenvalue weighted by Crippen LogP contribution is -2.39. The Kier molecular flexibility index (Phi) is 7.69. The number of aromatic nitrogens is 2. The van der Waals surface area contributed by atoms with Crippen LogP contribution in [0.25, 0.3) is 0 Å². The summed E-state index contributed by atoms with van der Waals surface area (Å²) in [6, 6.07) is 0.288. The van der Waals surface area contributed by atoms with Crippen LogP contribution in [-0.4, -0.2) is 52.4 Å². The van der Waals surface area contributed by atoms with Crippen LogP contribution in [0.2, 0.25) is 0 Å². The monoisotopic (exact) mass is 524 g/mol. The number of amides is 1. The first-order valence-corrected chi connectivity index (χ1v) is 14.4. The van der Waals surface area contributed by atoms with E-state index in [-0.39, 0.29) is 11.9 Å². The molecule has 6 nitrogen and oxygen atoms in total. The molecule has 1 aliphatic heterocycles. The summed E-state index contributed by atoms with van der Waals surface area (Å²) in [5, 5.41) is 4.80. The molecule has 3 aliphatic rings. The van der Waals surface area contributed by atoms with E-state index in [4.69, 9.17) is 4.74 Å². The Morgan fingerprint density at radius 3 is 2.77 bits per heavy atom. The van der Waals surface area contributed by atoms with Crippen LogP contribution in [0.4, 0.5) is 8.78 Å².